The number of aliphatic carboxylic acids is 1. The average molecular weight is 273 g/mol. The minimum atomic E-state index is -0.647. The molecule has 1 saturated heterocycles. The summed E-state index contributed by atoms with van der Waals surface area (Å²) in [6.45, 7) is 2.20. The topological polar surface area (TPSA) is 40.5 Å². The van der Waals surface area contributed by atoms with Crippen LogP contribution in [0.4, 0.5) is 5.69 Å². The normalized spacial score (nSPS) is 21.9. The summed E-state index contributed by atoms with van der Waals surface area (Å²) >= 11 is 0. The molecule has 3 nitrogen and oxygen atoms in total. The largest absolute Gasteiger partial charge is 0.481 e. The lowest BCUT2D eigenvalue weighted by Crippen LogP contribution is -2.33. The van der Waals surface area contributed by atoms with Crippen molar-refractivity contribution in [2.24, 2.45) is 0 Å². The number of rotatable bonds is 3. The summed E-state index contributed by atoms with van der Waals surface area (Å²) in [6.07, 6.45) is 7.43. The summed E-state index contributed by atoms with van der Waals surface area (Å²) in [5.41, 5.74) is 1.58. The summed E-state index contributed by atoms with van der Waals surface area (Å²) in [6, 6.07) is 8.29. The fraction of sp³-hybridized carbons (Fsp3) is 0.588. The summed E-state index contributed by atoms with van der Waals surface area (Å²) in [5.74, 6) is -0.647. The first kappa shape index (κ1) is 13.5. The van der Waals surface area contributed by atoms with Gasteiger partial charge in [-0.15, -0.1) is 0 Å². The monoisotopic (exact) mass is 273 g/mol. The number of nitrogens with zero attached hydrogens (tertiary/aromatic N) is 1. The van der Waals surface area contributed by atoms with E-state index in [1.807, 2.05) is 12.1 Å². The van der Waals surface area contributed by atoms with Crippen molar-refractivity contribution < 1.29 is 9.90 Å². The van der Waals surface area contributed by atoms with Gasteiger partial charge in [0, 0.05) is 18.8 Å². The third-order valence-electron chi connectivity index (χ3n) is 4.99. The molecule has 0 radical (unpaired) electrons. The first-order valence-corrected chi connectivity index (χ1v) is 7.81. The zero-order chi connectivity index (χ0) is 14.0. The lowest BCUT2D eigenvalue weighted by atomic mass is 9.79. The number of carboxylic acid groups (broad SMARTS) is 1. The second kappa shape index (κ2) is 5.47. The standard InChI is InChI=1S/C17H23NO2/c19-16(20)17(9-2-3-10-17)14-7-6-8-15(13-14)18-11-4-1-5-12-18/h6-8,13H,1-5,9-12H2,(H,19,20). The molecule has 0 spiro atoms. The fourth-order valence-corrected chi connectivity index (χ4v) is 3.76. The highest BCUT2D eigenvalue weighted by molar-refractivity contribution is 5.82. The van der Waals surface area contributed by atoms with E-state index in [2.05, 4.69) is 17.0 Å². The van der Waals surface area contributed by atoms with Crippen LogP contribution in [0.25, 0.3) is 0 Å². The van der Waals surface area contributed by atoms with Crippen molar-refractivity contribution in [1.82, 2.24) is 0 Å². The summed E-state index contributed by atoms with van der Waals surface area (Å²) in [5, 5.41) is 9.70. The van der Waals surface area contributed by atoms with E-state index in [9.17, 15) is 9.90 Å². The summed E-state index contributed by atoms with van der Waals surface area (Å²) < 4.78 is 0. The zero-order valence-corrected chi connectivity index (χ0v) is 12.0. The molecule has 1 N–H and O–H groups in total. The molecule has 0 bridgehead atoms. The second-order valence-electron chi connectivity index (χ2n) is 6.19. The Morgan fingerprint density at radius 2 is 1.75 bits per heavy atom. The summed E-state index contributed by atoms with van der Waals surface area (Å²) in [4.78, 5) is 14.2. The molecule has 2 aliphatic rings. The number of hydrogen-bond donors (Lipinski definition) is 1. The van der Waals surface area contributed by atoms with E-state index >= 15 is 0 Å². The lowest BCUT2D eigenvalue weighted by molar-refractivity contribution is -0.143. The van der Waals surface area contributed by atoms with Gasteiger partial charge < -0.3 is 10.0 Å². The molecule has 1 aliphatic carbocycles. The maximum absolute atomic E-state index is 11.8. The Labute approximate surface area is 120 Å². The van der Waals surface area contributed by atoms with Gasteiger partial charge in [0.05, 0.1) is 5.41 Å². The van der Waals surface area contributed by atoms with Crippen LogP contribution < -0.4 is 4.90 Å². The van der Waals surface area contributed by atoms with E-state index in [4.69, 9.17) is 0 Å². The molecule has 1 aliphatic heterocycles. The molecule has 1 saturated carbocycles. The maximum Gasteiger partial charge on any atom is 0.314 e. The molecule has 3 heteroatoms. The van der Waals surface area contributed by atoms with Gasteiger partial charge in [-0.25, -0.2) is 0 Å². The number of carbonyl (C=O) groups is 1. The molecule has 108 valence electrons. The highest BCUT2D eigenvalue weighted by atomic mass is 16.4. The Morgan fingerprint density at radius 3 is 2.40 bits per heavy atom. The molecule has 0 unspecified atom stereocenters. The highest BCUT2D eigenvalue weighted by Crippen LogP contribution is 2.42. The van der Waals surface area contributed by atoms with Crippen LogP contribution in [0.2, 0.25) is 0 Å². The van der Waals surface area contributed by atoms with Gasteiger partial charge in [0.25, 0.3) is 0 Å². The van der Waals surface area contributed by atoms with Crippen molar-refractivity contribution in [3.63, 3.8) is 0 Å². The van der Waals surface area contributed by atoms with Crippen LogP contribution in [0.1, 0.15) is 50.5 Å². The minimum Gasteiger partial charge on any atom is -0.481 e. The Morgan fingerprint density at radius 1 is 1.05 bits per heavy atom. The van der Waals surface area contributed by atoms with E-state index in [0.29, 0.717) is 0 Å². The van der Waals surface area contributed by atoms with Gasteiger partial charge in [-0.2, -0.15) is 0 Å². The van der Waals surface area contributed by atoms with Crippen LogP contribution in [-0.4, -0.2) is 24.2 Å². The molecule has 0 aromatic heterocycles. The van der Waals surface area contributed by atoms with Crippen molar-refractivity contribution in [3.8, 4) is 0 Å². The fourth-order valence-electron chi connectivity index (χ4n) is 3.76. The van der Waals surface area contributed by atoms with Crippen LogP contribution in [-0.2, 0) is 10.2 Å². The molecule has 1 aromatic carbocycles. The number of benzene rings is 1. The van der Waals surface area contributed by atoms with E-state index in [1.165, 1.54) is 24.9 Å². The summed E-state index contributed by atoms with van der Waals surface area (Å²) in [7, 11) is 0. The number of hydrogen-bond acceptors (Lipinski definition) is 2. The third-order valence-corrected chi connectivity index (χ3v) is 4.99. The molecule has 0 atom stereocenters. The Balaban J connectivity index is 1.91. The molecule has 1 heterocycles. The van der Waals surface area contributed by atoms with E-state index in [1.54, 1.807) is 0 Å². The molecule has 1 aromatic rings. The first-order chi connectivity index (χ1) is 9.72. The van der Waals surface area contributed by atoms with E-state index in [0.717, 1.165) is 44.3 Å². The molecule has 0 amide bonds. The quantitative estimate of drug-likeness (QED) is 0.915. The minimum absolute atomic E-state index is 0.633. The van der Waals surface area contributed by atoms with Crippen molar-refractivity contribution in [1.29, 1.82) is 0 Å². The average Bonchev–Trinajstić information content (AvgIpc) is 2.99. The van der Waals surface area contributed by atoms with Crippen molar-refractivity contribution in [2.75, 3.05) is 18.0 Å². The lowest BCUT2D eigenvalue weighted by Gasteiger charge is -2.31. The van der Waals surface area contributed by atoms with Crippen LogP contribution >= 0.6 is 0 Å². The van der Waals surface area contributed by atoms with E-state index in [-0.39, 0.29) is 0 Å². The molecule has 20 heavy (non-hydrogen) atoms. The second-order valence-corrected chi connectivity index (χ2v) is 6.19. The highest BCUT2D eigenvalue weighted by Gasteiger charge is 2.43. The smallest absolute Gasteiger partial charge is 0.314 e. The van der Waals surface area contributed by atoms with Gasteiger partial charge in [-0.05, 0) is 49.8 Å². The van der Waals surface area contributed by atoms with Gasteiger partial charge in [0.1, 0.15) is 0 Å². The number of carboxylic acids is 1. The number of piperidine rings is 1. The first-order valence-electron chi connectivity index (χ1n) is 7.81. The van der Waals surface area contributed by atoms with Crippen LogP contribution in [0.15, 0.2) is 24.3 Å². The van der Waals surface area contributed by atoms with Crippen molar-refractivity contribution in [2.45, 2.75) is 50.4 Å². The van der Waals surface area contributed by atoms with Gasteiger partial charge in [-0.3, -0.25) is 4.79 Å². The SMILES string of the molecule is O=C(O)C1(c2cccc(N3CCCCC3)c2)CCCC1. The van der Waals surface area contributed by atoms with Gasteiger partial charge in [-0.1, -0.05) is 25.0 Å². The molecule has 3 rings (SSSR count). The molecule has 2 fully saturated rings. The predicted molar refractivity (Wildman–Crippen MR) is 80.3 cm³/mol. The maximum atomic E-state index is 11.8. The van der Waals surface area contributed by atoms with Crippen molar-refractivity contribution >= 4 is 11.7 Å². The third kappa shape index (κ3) is 2.30. The van der Waals surface area contributed by atoms with Crippen molar-refractivity contribution in [3.05, 3.63) is 29.8 Å². The molecular weight excluding hydrogens is 250 g/mol. The zero-order valence-electron chi connectivity index (χ0n) is 12.0. The Kier molecular flexibility index (Phi) is 3.68. The van der Waals surface area contributed by atoms with Crippen LogP contribution in [0.5, 0.6) is 0 Å². The van der Waals surface area contributed by atoms with Gasteiger partial charge in [0.2, 0.25) is 0 Å². The Bertz CT molecular complexity index is 486. The van der Waals surface area contributed by atoms with Gasteiger partial charge in [0.15, 0.2) is 0 Å². The van der Waals surface area contributed by atoms with Crippen LogP contribution in [0.3, 0.4) is 0 Å². The molecular formula is C17H23NO2. The Hall–Kier alpha value is -1.51. The van der Waals surface area contributed by atoms with Gasteiger partial charge >= 0.3 is 5.97 Å². The van der Waals surface area contributed by atoms with Crippen LogP contribution in [0, 0.1) is 0 Å². The van der Waals surface area contributed by atoms with E-state index < -0.39 is 11.4 Å². The predicted octanol–water partition coefficient (Wildman–Crippen LogP) is 3.57. The number of anilines is 1.